The van der Waals surface area contributed by atoms with Crippen LogP contribution < -0.4 is 0 Å². The summed E-state index contributed by atoms with van der Waals surface area (Å²) in [6, 6.07) is 6.32. The number of hydrogen-bond donors (Lipinski definition) is 0. The second-order valence-corrected chi connectivity index (χ2v) is 4.02. The van der Waals surface area contributed by atoms with E-state index in [1.807, 2.05) is 13.8 Å². The number of azo groups is 1. The lowest BCUT2D eigenvalue weighted by atomic mass is 9.98. The summed E-state index contributed by atoms with van der Waals surface area (Å²) in [5, 5.41) is 7.42. The molecule has 0 fully saturated rings. The van der Waals surface area contributed by atoms with E-state index in [1.54, 1.807) is 29.2 Å². The molecule has 0 aromatic heterocycles. The van der Waals surface area contributed by atoms with Gasteiger partial charge in [-0.25, -0.2) is 0 Å². The number of amides is 2. The smallest absolute Gasteiger partial charge is 0.295 e. The minimum absolute atomic E-state index is 0.108. The Bertz CT molecular complexity index is 507. The van der Waals surface area contributed by atoms with Crippen LogP contribution in [0.15, 0.2) is 34.5 Å². The topological polar surface area (TPSA) is 62.1 Å². The highest BCUT2D eigenvalue weighted by atomic mass is 16.2. The molecule has 0 saturated heterocycles. The van der Waals surface area contributed by atoms with Gasteiger partial charge in [0.2, 0.25) is 0 Å². The van der Waals surface area contributed by atoms with E-state index in [1.165, 1.54) is 0 Å². The van der Waals surface area contributed by atoms with Crippen LogP contribution in [0.1, 0.15) is 35.8 Å². The molecule has 0 saturated carbocycles. The fourth-order valence-corrected chi connectivity index (χ4v) is 2.05. The molecule has 1 aromatic rings. The second-order valence-electron chi connectivity index (χ2n) is 4.02. The van der Waals surface area contributed by atoms with E-state index in [2.05, 4.69) is 10.2 Å². The zero-order valence-electron chi connectivity index (χ0n) is 10.5. The number of carbonyl (C=O) groups is 2. The lowest BCUT2D eigenvalue weighted by Gasteiger charge is -2.24. The molecule has 0 N–H and O–H groups in total. The van der Waals surface area contributed by atoms with Crippen LogP contribution in [0, 0.1) is 0 Å². The van der Waals surface area contributed by atoms with Gasteiger partial charge >= 0.3 is 0 Å². The van der Waals surface area contributed by atoms with Crippen molar-refractivity contribution in [3.05, 3.63) is 35.4 Å². The predicted molar refractivity (Wildman–Crippen MR) is 66.3 cm³/mol. The number of hydrogen-bond acceptors (Lipinski definition) is 3. The number of fused-ring (bicyclic) bond motifs is 1. The van der Waals surface area contributed by atoms with Gasteiger partial charge in [-0.2, -0.15) is 5.11 Å². The normalized spacial score (nSPS) is 17.4. The average molecular weight is 245 g/mol. The average Bonchev–Trinajstić information content (AvgIpc) is 2.41. The summed E-state index contributed by atoms with van der Waals surface area (Å²) in [6.45, 7) is 5.08. The number of carbonyl (C=O) groups excluding carboxylic acids is 2. The molecule has 2 rings (SSSR count). The molecular formula is C13H15N3O2. The van der Waals surface area contributed by atoms with Gasteiger partial charge < -0.3 is 4.90 Å². The summed E-state index contributed by atoms with van der Waals surface area (Å²) in [6.07, 6.45) is 0. The van der Waals surface area contributed by atoms with Crippen LogP contribution in [0.5, 0.6) is 0 Å². The highest BCUT2D eigenvalue weighted by Crippen LogP contribution is 2.28. The minimum Gasteiger partial charge on any atom is -0.341 e. The summed E-state index contributed by atoms with van der Waals surface area (Å²) in [4.78, 5) is 25.6. The quantitative estimate of drug-likeness (QED) is 0.819. The van der Waals surface area contributed by atoms with Crippen molar-refractivity contribution >= 4 is 11.8 Å². The maximum Gasteiger partial charge on any atom is 0.295 e. The summed E-state index contributed by atoms with van der Waals surface area (Å²) in [7, 11) is 0. The largest absolute Gasteiger partial charge is 0.341 e. The number of benzene rings is 1. The fraction of sp³-hybridized carbons (Fsp3) is 0.385. The molecule has 0 bridgehead atoms. The lowest BCUT2D eigenvalue weighted by Crippen LogP contribution is -2.35. The molecule has 0 spiro atoms. The molecule has 0 aliphatic carbocycles. The molecule has 1 aliphatic heterocycles. The third-order valence-corrected chi connectivity index (χ3v) is 3.06. The zero-order chi connectivity index (χ0) is 13.1. The summed E-state index contributed by atoms with van der Waals surface area (Å²) < 4.78 is 0. The monoisotopic (exact) mass is 245 g/mol. The maximum atomic E-state index is 12.3. The van der Waals surface area contributed by atoms with Gasteiger partial charge in [-0.3, -0.25) is 9.59 Å². The molecule has 94 valence electrons. The van der Waals surface area contributed by atoms with E-state index in [0.29, 0.717) is 24.2 Å². The Labute approximate surface area is 106 Å². The van der Waals surface area contributed by atoms with Gasteiger partial charge in [-0.15, -0.1) is 5.11 Å². The Morgan fingerprint density at radius 3 is 2.61 bits per heavy atom. The van der Waals surface area contributed by atoms with Crippen molar-refractivity contribution in [2.24, 2.45) is 10.2 Å². The Kier molecular flexibility index (Phi) is 3.50. The van der Waals surface area contributed by atoms with E-state index in [-0.39, 0.29) is 11.8 Å². The third-order valence-electron chi connectivity index (χ3n) is 3.06. The molecule has 5 heteroatoms. The molecule has 1 atom stereocenters. The zero-order valence-corrected chi connectivity index (χ0v) is 10.5. The van der Waals surface area contributed by atoms with Gasteiger partial charge in [0.1, 0.15) is 0 Å². The number of rotatable bonds is 3. The maximum absolute atomic E-state index is 12.3. The first-order valence-corrected chi connectivity index (χ1v) is 6.02. The second kappa shape index (κ2) is 5.08. The molecule has 1 unspecified atom stereocenters. The predicted octanol–water partition coefficient (Wildman–Crippen LogP) is 2.20. The van der Waals surface area contributed by atoms with Crippen molar-refractivity contribution in [3.8, 4) is 0 Å². The van der Waals surface area contributed by atoms with E-state index in [9.17, 15) is 9.59 Å². The summed E-state index contributed by atoms with van der Waals surface area (Å²) >= 11 is 0. The van der Waals surface area contributed by atoms with Gasteiger partial charge in [-0.05, 0) is 19.9 Å². The summed E-state index contributed by atoms with van der Waals surface area (Å²) in [5.74, 6) is -0.488. The van der Waals surface area contributed by atoms with Crippen molar-refractivity contribution in [2.45, 2.75) is 19.9 Å². The van der Waals surface area contributed by atoms with E-state index in [4.69, 9.17) is 0 Å². The first kappa shape index (κ1) is 12.4. The van der Waals surface area contributed by atoms with Crippen LogP contribution in [0.25, 0.3) is 0 Å². The molecule has 0 radical (unpaired) electrons. The third kappa shape index (κ3) is 2.03. The van der Waals surface area contributed by atoms with Crippen LogP contribution in [0.4, 0.5) is 0 Å². The van der Waals surface area contributed by atoms with Gasteiger partial charge in [-0.1, -0.05) is 18.2 Å². The molecule has 1 heterocycles. The van der Waals surface area contributed by atoms with Crippen molar-refractivity contribution in [1.82, 2.24) is 4.90 Å². The number of likely N-dealkylation sites (N-methyl/N-ethyl adjacent to an activating group) is 1. The molecule has 1 aromatic carbocycles. The first-order valence-electron chi connectivity index (χ1n) is 6.02. The summed E-state index contributed by atoms with van der Waals surface area (Å²) in [5.41, 5.74) is 1.12. The Hall–Kier alpha value is -2.04. The van der Waals surface area contributed by atoms with Crippen molar-refractivity contribution < 1.29 is 9.59 Å². The van der Waals surface area contributed by atoms with Crippen LogP contribution >= 0.6 is 0 Å². The Balaban J connectivity index is 2.38. The Morgan fingerprint density at radius 1 is 1.28 bits per heavy atom. The van der Waals surface area contributed by atoms with E-state index in [0.717, 1.165) is 0 Å². The van der Waals surface area contributed by atoms with Gasteiger partial charge in [0.25, 0.3) is 11.8 Å². The first-order chi connectivity index (χ1) is 8.69. The molecule has 5 nitrogen and oxygen atoms in total. The van der Waals surface area contributed by atoms with Gasteiger partial charge in [0, 0.05) is 24.2 Å². The SMILES string of the molecule is CCN(CC)C(=O)C1N=NC(=O)c2ccccc21. The molecule has 2 amide bonds. The van der Waals surface area contributed by atoms with Crippen LogP contribution in [-0.2, 0) is 4.79 Å². The molecular weight excluding hydrogens is 230 g/mol. The van der Waals surface area contributed by atoms with Crippen molar-refractivity contribution in [3.63, 3.8) is 0 Å². The van der Waals surface area contributed by atoms with E-state index < -0.39 is 6.04 Å². The van der Waals surface area contributed by atoms with E-state index >= 15 is 0 Å². The Morgan fingerprint density at radius 2 is 1.94 bits per heavy atom. The highest BCUT2D eigenvalue weighted by molar-refractivity contribution is 5.99. The lowest BCUT2D eigenvalue weighted by molar-refractivity contribution is -0.132. The number of nitrogens with zero attached hydrogens (tertiary/aromatic N) is 3. The van der Waals surface area contributed by atoms with Crippen molar-refractivity contribution in [1.29, 1.82) is 0 Å². The standard InChI is InChI=1S/C13H15N3O2/c1-3-16(4-2)13(18)11-9-7-5-6-8-10(9)12(17)15-14-11/h5-8,11H,3-4H2,1-2H3. The fourth-order valence-electron chi connectivity index (χ4n) is 2.05. The van der Waals surface area contributed by atoms with Crippen LogP contribution in [0.3, 0.4) is 0 Å². The van der Waals surface area contributed by atoms with Crippen molar-refractivity contribution in [2.75, 3.05) is 13.1 Å². The minimum atomic E-state index is -0.682. The molecule has 1 aliphatic rings. The van der Waals surface area contributed by atoms with Crippen LogP contribution in [-0.4, -0.2) is 29.8 Å². The van der Waals surface area contributed by atoms with Gasteiger partial charge in [0.05, 0.1) is 0 Å². The molecule has 18 heavy (non-hydrogen) atoms. The highest BCUT2D eigenvalue weighted by Gasteiger charge is 2.31. The van der Waals surface area contributed by atoms with Gasteiger partial charge in [0.15, 0.2) is 6.04 Å². The van der Waals surface area contributed by atoms with Crippen LogP contribution in [0.2, 0.25) is 0 Å².